The van der Waals surface area contributed by atoms with E-state index >= 15 is 0 Å². The molecular weight excluding hydrogens is 542 g/mol. The molecule has 12 heteroatoms. The van der Waals surface area contributed by atoms with E-state index in [1.54, 1.807) is 79.9 Å². The summed E-state index contributed by atoms with van der Waals surface area (Å²) in [5, 5.41) is 2.90. The number of hydrogen-bond donors (Lipinski definition) is 1. The molecule has 0 aliphatic carbocycles. The van der Waals surface area contributed by atoms with Gasteiger partial charge in [0.1, 0.15) is 17.1 Å². The number of nitrogens with zero attached hydrogens (tertiary/aromatic N) is 6. The SMILES string of the molecule is COc1ccc(C(=O)Nc2nc3c(N(C)c4ccnc(N(C)c5cccc(S(C)(=O)=O)c5)n4)cccc3n2C)cc1. The smallest absolute Gasteiger partial charge is 0.257 e. The van der Waals surface area contributed by atoms with Gasteiger partial charge in [-0.3, -0.25) is 10.1 Å². The van der Waals surface area contributed by atoms with Crippen molar-refractivity contribution >= 4 is 55.9 Å². The number of carbonyl (C=O) groups excluding carboxylic acids is 1. The number of sulfone groups is 1. The van der Waals surface area contributed by atoms with E-state index in [1.165, 1.54) is 6.26 Å². The Hall–Kier alpha value is -4.97. The Balaban J connectivity index is 1.44. The maximum atomic E-state index is 12.9. The zero-order chi connectivity index (χ0) is 29.3. The number of aromatic nitrogens is 4. The highest BCUT2D eigenvalue weighted by Gasteiger charge is 2.19. The third-order valence-corrected chi connectivity index (χ3v) is 7.84. The number of fused-ring (bicyclic) bond motifs is 1. The fourth-order valence-corrected chi connectivity index (χ4v) is 5.01. The number of hydrogen-bond acceptors (Lipinski definition) is 9. The van der Waals surface area contributed by atoms with Gasteiger partial charge in [0.25, 0.3) is 5.91 Å². The molecule has 0 spiro atoms. The van der Waals surface area contributed by atoms with Crippen LogP contribution >= 0.6 is 0 Å². The molecule has 1 amide bonds. The summed E-state index contributed by atoms with van der Waals surface area (Å²) in [6.45, 7) is 0. The van der Waals surface area contributed by atoms with Crippen LogP contribution in [0.1, 0.15) is 10.4 Å². The summed E-state index contributed by atoms with van der Waals surface area (Å²) in [6.07, 6.45) is 2.82. The van der Waals surface area contributed by atoms with E-state index in [0.29, 0.717) is 40.2 Å². The molecular formula is C29H29N7O4S. The molecule has 0 aliphatic rings. The molecule has 2 aromatic heterocycles. The maximum Gasteiger partial charge on any atom is 0.257 e. The fourth-order valence-electron chi connectivity index (χ4n) is 4.35. The molecule has 2 heterocycles. The lowest BCUT2D eigenvalue weighted by molar-refractivity contribution is 0.102. The van der Waals surface area contributed by atoms with E-state index in [-0.39, 0.29) is 10.8 Å². The van der Waals surface area contributed by atoms with Gasteiger partial charge < -0.3 is 19.1 Å². The molecule has 5 rings (SSSR count). The number of imidazole rings is 1. The molecule has 41 heavy (non-hydrogen) atoms. The molecule has 0 fully saturated rings. The van der Waals surface area contributed by atoms with E-state index in [1.807, 2.05) is 41.8 Å². The number of amides is 1. The van der Waals surface area contributed by atoms with E-state index in [9.17, 15) is 13.2 Å². The number of rotatable bonds is 8. The third kappa shape index (κ3) is 5.54. The highest BCUT2D eigenvalue weighted by molar-refractivity contribution is 7.90. The number of nitrogens with one attached hydrogen (secondary N) is 1. The second kappa shape index (κ2) is 10.9. The van der Waals surface area contributed by atoms with E-state index < -0.39 is 9.84 Å². The quantitative estimate of drug-likeness (QED) is 0.285. The Kier molecular flexibility index (Phi) is 7.33. The molecule has 0 aliphatic heterocycles. The third-order valence-electron chi connectivity index (χ3n) is 6.73. The van der Waals surface area contributed by atoms with Crippen molar-refractivity contribution in [2.45, 2.75) is 4.90 Å². The van der Waals surface area contributed by atoms with Crippen molar-refractivity contribution in [1.82, 2.24) is 19.5 Å². The summed E-state index contributed by atoms with van der Waals surface area (Å²) in [5.41, 5.74) is 3.39. The van der Waals surface area contributed by atoms with Crippen molar-refractivity contribution in [2.24, 2.45) is 7.05 Å². The molecule has 11 nitrogen and oxygen atoms in total. The van der Waals surface area contributed by atoms with Crippen molar-refractivity contribution in [3.8, 4) is 5.75 Å². The van der Waals surface area contributed by atoms with Crippen LogP contribution in [0.25, 0.3) is 11.0 Å². The van der Waals surface area contributed by atoms with Crippen LogP contribution < -0.4 is 19.9 Å². The van der Waals surface area contributed by atoms with E-state index in [2.05, 4.69) is 10.3 Å². The molecule has 0 unspecified atom stereocenters. The normalized spacial score (nSPS) is 11.3. The van der Waals surface area contributed by atoms with Gasteiger partial charge in [-0.15, -0.1) is 0 Å². The second-order valence-corrected chi connectivity index (χ2v) is 11.4. The van der Waals surface area contributed by atoms with Gasteiger partial charge >= 0.3 is 0 Å². The molecule has 0 saturated carbocycles. The average Bonchev–Trinajstić information content (AvgIpc) is 3.30. The van der Waals surface area contributed by atoms with E-state index in [4.69, 9.17) is 14.7 Å². The van der Waals surface area contributed by atoms with E-state index in [0.717, 1.165) is 11.2 Å². The summed E-state index contributed by atoms with van der Waals surface area (Å²) < 4.78 is 31.1. The lowest BCUT2D eigenvalue weighted by Gasteiger charge is -2.22. The van der Waals surface area contributed by atoms with Gasteiger partial charge in [-0.05, 0) is 60.7 Å². The first-order valence-corrected chi connectivity index (χ1v) is 14.5. The van der Waals surface area contributed by atoms with Crippen LogP contribution in [0.2, 0.25) is 0 Å². The monoisotopic (exact) mass is 571 g/mol. The van der Waals surface area contributed by atoms with Crippen LogP contribution in [0.5, 0.6) is 5.75 Å². The molecule has 0 radical (unpaired) electrons. The lowest BCUT2D eigenvalue weighted by atomic mass is 10.2. The number of carbonyl (C=O) groups is 1. The fraction of sp³-hybridized carbons (Fsp3) is 0.172. The van der Waals surface area contributed by atoms with Gasteiger partial charge in [0.2, 0.25) is 11.9 Å². The molecule has 0 bridgehead atoms. The van der Waals surface area contributed by atoms with Crippen molar-refractivity contribution in [3.63, 3.8) is 0 Å². The van der Waals surface area contributed by atoms with Crippen LogP contribution in [0, 0.1) is 0 Å². The van der Waals surface area contributed by atoms with Gasteiger partial charge in [0, 0.05) is 44.8 Å². The zero-order valence-corrected chi connectivity index (χ0v) is 24.0. The van der Waals surface area contributed by atoms with Crippen LogP contribution in [-0.4, -0.2) is 61.3 Å². The number of anilines is 5. The predicted octanol–water partition coefficient (Wildman–Crippen LogP) is 4.56. The van der Waals surface area contributed by atoms with Gasteiger partial charge in [0.15, 0.2) is 9.84 Å². The molecule has 0 saturated heterocycles. The number of aryl methyl sites for hydroxylation is 1. The topological polar surface area (TPSA) is 123 Å². The molecule has 5 aromatic rings. The summed E-state index contributed by atoms with van der Waals surface area (Å²) in [5.74, 6) is 1.77. The van der Waals surface area contributed by atoms with Crippen molar-refractivity contribution in [2.75, 3.05) is 42.6 Å². The summed E-state index contributed by atoms with van der Waals surface area (Å²) in [4.78, 5) is 30.6. The number of ether oxygens (including phenoxy) is 1. The first-order chi connectivity index (χ1) is 19.6. The first kappa shape index (κ1) is 27.6. The number of methoxy groups -OCH3 is 1. The summed E-state index contributed by atoms with van der Waals surface area (Å²) in [7, 11) is 3.69. The van der Waals surface area contributed by atoms with Gasteiger partial charge in [-0.1, -0.05) is 12.1 Å². The molecule has 0 atom stereocenters. The minimum absolute atomic E-state index is 0.215. The molecule has 210 valence electrons. The highest BCUT2D eigenvalue weighted by Crippen LogP contribution is 2.32. The lowest BCUT2D eigenvalue weighted by Crippen LogP contribution is -2.17. The standard InChI is InChI=1S/C29H29N7O4S/c1-34(20-8-6-9-22(18-20)41(5,38)39)28-30-17-16-25(31-28)35(2)23-10-7-11-24-26(23)32-29(36(24)3)33-27(37)19-12-14-21(40-4)15-13-19/h6-18H,1-5H3,(H,32,33,37). The largest absolute Gasteiger partial charge is 0.497 e. The number of benzene rings is 3. The zero-order valence-electron chi connectivity index (χ0n) is 23.2. The van der Waals surface area contributed by atoms with Crippen molar-refractivity contribution in [1.29, 1.82) is 0 Å². The average molecular weight is 572 g/mol. The molecule has 3 aromatic carbocycles. The maximum absolute atomic E-state index is 12.9. The minimum atomic E-state index is -3.36. The summed E-state index contributed by atoms with van der Waals surface area (Å²) in [6, 6.07) is 21.0. The Morgan fingerprint density at radius 1 is 0.951 bits per heavy atom. The van der Waals surface area contributed by atoms with Crippen molar-refractivity contribution < 1.29 is 17.9 Å². The first-order valence-electron chi connectivity index (χ1n) is 12.6. The second-order valence-electron chi connectivity index (χ2n) is 9.42. The van der Waals surface area contributed by atoms with Crippen molar-refractivity contribution in [3.05, 3.63) is 84.6 Å². The molecule has 1 N–H and O–H groups in total. The minimum Gasteiger partial charge on any atom is -0.497 e. The van der Waals surface area contributed by atoms with Crippen LogP contribution in [0.4, 0.5) is 29.1 Å². The van der Waals surface area contributed by atoms with Gasteiger partial charge in [-0.2, -0.15) is 4.98 Å². The summed E-state index contributed by atoms with van der Waals surface area (Å²) >= 11 is 0. The Morgan fingerprint density at radius 2 is 1.68 bits per heavy atom. The Morgan fingerprint density at radius 3 is 2.39 bits per heavy atom. The van der Waals surface area contributed by atoms with Crippen LogP contribution in [0.3, 0.4) is 0 Å². The Labute approximate surface area is 238 Å². The Bertz CT molecular complexity index is 1850. The van der Waals surface area contributed by atoms with Gasteiger partial charge in [-0.25, -0.2) is 18.4 Å². The number of para-hydroxylation sites is 1. The highest BCUT2D eigenvalue weighted by atomic mass is 32.2. The van der Waals surface area contributed by atoms with Crippen LogP contribution in [-0.2, 0) is 16.9 Å². The van der Waals surface area contributed by atoms with Gasteiger partial charge in [0.05, 0.1) is 23.2 Å². The predicted molar refractivity (Wildman–Crippen MR) is 159 cm³/mol. The van der Waals surface area contributed by atoms with Crippen LogP contribution in [0.15, 0.2) is 83.9 Å².